The maximum Gasteiger partial charge on any atom is 0.427 e. The van der Waals surface area contributed by atoms with Crippen molar-refractivity contribution in [3.63, 3.8) is 0 Å². The van der Waals surface area contributed by atoms with Gasteiger partial charge in [0.15, 0.2) is 0 Å². The molecule has 1 aromatic carbocycles. The van der Waals surface area contributed by atoms with E-state index < -0.39 is 17.0 Å². The van der Waals surface area contributed by atoms with Crippen LogP contribution in [-0.2, 0) is 6.18 Å². The van der Waals surface area contributed by atoms with E-state index in [1.807, 2.05) is 6.07 Å². The Morgan fingerprint density at radius 2 is 2.00 bits per heavy atom. The SMILES string of the molecule is NC(=O)c1ccc(Sc2cc(C(F)(F)F)sn2)cc1C1CN2CCC1CC2. The molecule has 27 heavy (non-hydrogen) atoms. The van der Waals surface area contributed by atoms with Gasteiger partial charge in [0.1, 0.15) is 9.90 Å². The Labute approximate surface area is 163 Å². The fourth-order valence-corrected chi connectivity index (χ4v) is 5.60. The molecule has 0 aliphatic carbocycles. The van der Waals surface area contributed by atoms with Crippen molar-refractivity contribution in [2.75, 3.05) is 19.6 Å². The maximum absolute atomic E-state index is 12.8. The second kappa shape index (κ2) is 7.10. The zero-order chi connectivity index (χ0) is 19.2. The Bertz CT molecular complexity index is 860. The van der Waals surface area contributed by atoms with E-state index in [0.29, 0.717) is 28.0 Å². The van der Waals surface area contributed by atoms with Crippen LogP contribution in [0, 0.1) is 5.92 Å². The van der Waals surface area contributed by atoms with Gasteiger partial charge in [-0.3, -0.25) is 4.79 Å². The number of nitrogens with zero attached hydrogens (tertiary/aromatic N) is 2. The first kappa shape index (κ1) is 18.8. The second-order valence-corrected chi connectivity index (χ2v) is 8.89. The molecular weight excluding hydrogens is 395 g/mol. The summed E-state index contributed by atoms with van der Waals surface area (Å²) in [5.41, 5.74) is 7.00. The number of fused-ring (bicyclic) bond motifs is 3. The molecule has 0 saturated carbocycles. The first-order valence-corrected chi connectivity index (χ1v) is 10.3. The van der Waals surface area contributed by atoms with Crippen molar-refractivity contribution in [1.29, 1.82) is 0 Å². The van der Waals surface area contributed by atoms with Gasteiger partial charge in [-0.25, -0.2) is 0 Å². The fourth-order valence-electron chi connectivity index (χ4n) is 4.01. The molecule has 144 valence electrons. The van der Waals surface area contributed by atoms with E-state index in [4.69, 9.17) is 5.73 Å². The van der Waals surface area contributed by atoms with Crippen molar-refractivity contribution in [2.24, 2.45) is 11.7 Å². The van der Waals surface area contributed by atoms with Crippen LogP contribution in [0.4, 0.5) is 13.2 Å². The van der Waals surface area contributed by atoms with Crippen LogP contribution in [-0.4, -0.2) is 34.8 Å². The first-order chi connectivity index (χ1) is 12.8. The highest BCUT2D eigenvalue weighted by Gasteiger charge is 2.37. The summed E-state index contributed by atoms with van der Waals surface area (Å²) in [6.45, 7) is 3.06. The predicted octanol–water partition coefficient (Wildman–Crippen LogP) is 4.22. The first-order valence-electron chi connectivity index (χ1n) is 8.69. The van der Waals surface area contributed by atoms with Gasteiger partial charge >= 0.3 is 6.18 Å². The van der Waals surface area contributed by atoms with Crippen molar-refractivity contribution in [3.8, 4) is 0 Å². The van der Waals surface area contributed by atoms with Crippen LogP contribution in [0.2, 0.25) is 0 Å². The zero-order valence-electron chi connectivity index (χ0n) is 14.3. The van der Waals surface area contributed by atoms with Crippen molar-refractivity contribution in [1.82, 2.24) is 9.27 Å². The zero-order valence-corrected chi connectivity index (χ0v) is 16.0. The normalized spacial score (nSPS) is 24.9. The van der Waals surface area contributed by atoms with E-state index in [1.54, 1.807) is 12.1 Å². The summed E-state index contributed by atoms with van der Waals surface area (Å²) >= 11 is 1.63. The van der Waals surface area contributed by atoms with E-state index in [1.165, 1.54) is 11.8 Å². The van der Waals surface area contributed by atoms with E-state index in [-0.39, 0.29) is 5.92 Å². The molecule has 2 N–H and O–H groups in total. The van der Waals surface area contributed by atoms with Crippen molar-refractivity contribution in [2.45, 2.75) is 34.9 Å². The third kappa shape index (κ3) is 3.86. The van der Waals surface area contributed by atoms with Gasteiger partial charge in [0.25, 0.3) is 0 Å². The molecule has 1 atom stereocenters. The molecule has 2 aromatic rings. The minimum Gasteiger partial charge on any atom is -0.366 e. The van der Waals surface area contributed by atoms with Crippen LogP contribution in [0.25, 0.3) is 0 Å². The van der Waals surface area contributed by atoms with Crippen molar-refractivity contribution >= 4 is 29.2 Å². The molecule has 4 heterocycles. The number of carbonyl (C=O) groups excluding carboxylic acids is 1. The van der Waals surface area contributed by atoms with Crippen LogP contribution in [0.3, 0.4) is 0 Å². The minimum absolute atomic E-state index is 0.233. The number of alkyl halides is 3. The molecule has 9 heteroatoms. The highest BCUT2D eigenvalue weighted by molar-refractivity contribution is 7.99. The van der Waals surface area contributed by atoms with Crippen LogP contribution < -0.4 is 5.73 Å². The molecule has 4 nitrogen and oxygen atoms in total. The Morgan fingerprint density at radius 1 is 1.26 bits per heavy atom. The largest absolute Gasteiger partial charge is 0.427 e. The van der Waals surface area contributed by atoms with Gasteiger partial charge in [0.05, 0.1) is 0 Å². The van der Waals surface area contributed by atoms with Gasteiger partial charge in [0, 0.05) is 22.9 Å². The van der Waals surface area contributed by atoms with Crippen LogP contribution >= 0.6 is 23.3 Å². The Hall–Kier alpha value is -1.58. The molecule has 1 unspecified atom stereocenters. The number of nitrogens with two attached hydrogens (primary N) is 1. The smallest absolute Gasteiger partial charge is 0.366 e. The van der Waals surface area contributed by atoms with E-state index in [0.717, 1.165) is 49.0 Å². The van der Waals surface area contributed by atoms with Crippen molar-refractivity contribution in [3.05, 3.63) is 40.3 Å². The molecule has 0 spiro atoms. The third-order valence-corrected chi connectivity index (χ3v) is 7.19. The number of carbonyl (C=O) groups is 1. The number of halogens is 3. The molecular formula is C18H18F3N3OS2. The molecule has 3 aliphatic rings. The van der Waals surface area contributed by atoms with Gasteiger partial charge in [-0.05, 0) is 73.2 Å². The van der Waals surface area contributed by atoms with Crippen LogP contribution in [0.5, 0.6) is 0 Å². The molecule has 1 aromatic heterocycles. The average molecular weight is 413 g/mol. The molecule has 3 fully saturated rings. The Morgan fingerprint density at radius 3 is 2.56 bits per heavy atom. The summed E-state index contributed by atoms with van der Waals surface area (Å²) in [7, 11) is 0. The lowest BCUT2D eigenvalue weighted by Gasteiger charge is -2.45. The van der Waals surface area contributed by atoms with Gasteiger partial charge in [-0.15, -0.1) is 0 Å². The average Bonchev–Trinajstić information content (AvgIpc) is 3.11. The second-order valence-electron chi connectivity index (χ2n) is 6.99. The van der Waals surface area contributed by atoms with E-state index in [9.17, 15) is 18.0 Å². The molecule has 2 bridgehead atoms. The number of piperidine rings is 3. The lowest BCUT2D eigenvalue weighted by molar-refractivity contribution is -0.134. The summed E-state index contributed by atoms with van der Waals surface area (Å²) in [5.74, 6) is 0.284. The van der Waals surface area contributed by atoms with Crippen LogP contribution in [0.15, 0.2) is 34.2 Å². The molecule has 0 radical (unpaired) electrons. The Kier molecular flexibility index (Phi) is 4.94. The number of aromatic nitrogens is 1. The Balaban J connectivity index is 1.63. The quantitative estimate of drug-likeness (QED) is 0.815. The number of rotatable bonds is 4. The van der Waals surface area contributed by atoms with Gasteiger partial charge in [-0.2, -0.15) is 17.5 Å². The maximum atomic E-state index is 12.8. The predicted molar refractivity (Wildman–Crippen MR) is 98.1 cm³/mol. The lowest BCUT2D eigenvalue weighted by atomic mass is 9.74. The van der Waals surface area contributed by atoms with Gasteiger partial charge in [0.2, 0.25) is 5.91 Å². The summed E-state index contributed by atoms with van der Waals surface area (Å²) in [6.07, 6.45) is -2.18. The number of hydrogen-bond donors (Lipinski definition) is 1. The molecule has 1 amide bonds. The van der Waals surface area contributed by atoms with E-state index >= 15 is 0 Å². The van der Waals surface area contributed by atoms with Crippen molar-refractivity contribution < 1.29 is 18.0 Å². The number of benzene rings is 1. The molecule has 3 aliphatic heterocycles. The summed E-state index contributed by atoms with van der Waals surface area (Å²) in [5, 5.41) is 0.305. The van der Waals surface area contributed by atoms with E-state index in [2.05, 4.69) is 9.27 Å². The minimum atomic E-state index is -4.38. The highest BCUT2D eigenvalue weighted by Crippen LogP contribution is 2.42. The topological polar surface area (TPSA) is 59.2 Å². The summed E-state index contributed by atoms with van der Waals surface area (Å²) < 4.78 is 42.2. The number of primary amides is 1. The standard InChI is InChI=1S/C18H18F3N3OS2/c19-18(20,21)15-8-16(23-27-15)26-11-1-2-12(17(22)25)13(7-11)14-9-24-5-3-10(14)4-6-24/h1-2,7-8,10,14H,3-6,9H2,(H2,22,25). The summed E-state index contributed by atoms with van der Waals surface area (Å²) in [4.78, 5) is 14.4. The number of amides is 1. The lowest BCUT2D eigenvalue weighted by Crippen LogP contribution is -2.46. The fraction of sp³-hybridized carbons (Fsp3) is 0.444. The van der Waals surface area contributed by atoms with Gasteiger partial charge in [-0.1, -0.05) is 11.8 Å². The van der Waals surface area contributed by atoms with Gasteiger partial charge < -0.3 is 10.6 Å². The highest BCUT2D eigenvalue weighted by atomic mass is 32.2. The third-order valence-electron chi connectivity index (χ3n) is 5.33. The number of hydrogen-bond acceptors (Lipinski definition) is 5. The molecule has 5 rings (SSSR count). The summed E-state index contributed by atoms with van der Waals surface area (Å²) in [6, 6.07) is 6.38. The van der Waals surface area contributed by atoms with Crippen LogP contribution in [0.1, 0.15) is 39.6 Å². The monoisotopic (exact) mass is 413 g/mol. The molecule has 3 saturated heterocycles.